The summed E-state index contributed by atoms with van der Waals surface area (Å²) in [5.41, 5.74) is 0.809. The smallest absolute Gasteiger partial charge is 0.339 e. The largest absolute Gasteiger partial charge is 0.394 e. The second-order valence-corrected chi connectivity index (χ2v) is 8.36. The van der Waals surface area contributed by atoms with Crippen molar-refractivity contribution in [1.29, 1.82) is 0 Å². The Hall–Kier alpha value is -2.05. The Labute approximate surface area is 174 Å². The Morgan fingerprint density at radius 1 is 0.900 bits per heavy atom. The van der Waals surface area contributed by atoms with Crippen LogP contribution in [0.1, 0.15) is 5.56 Å². The van der Waals surface area contributed by atoms with E-state index in [1.54, 1.807) is 30.3 Å². The third-order valence-electron chi connectivity index (χ3n) is 4.68. The zero-order chi connectivity index (χ0) is 21.7. The van der Waals surface area contributed by atoms with Crippen LogP contribution in [-0.4, -0.2) is 72.8 Å². The monoisotopic (exact) mass is 440 g/mol. The molecule has 0 bridgehead atoms. The predicted octanol–water partition coefficient (Wildman–Crippen LogP) is -0.187. The molecule has 3 rings (SSSR count). The molecule has 0 saturated carbocycles. The maximum atomic E-state index is 12.2. The minimum absolute atomic E-state index is 0.0574. The molecular formula is C20H24O9S. The van der Waals surface area contributed by atoms with Crippen LogP contribution in [0.15, 0.2) is 59.5 Å². The minimum atomic E-state index is -3.91. The molecule has 1 aliphatic rings. The number of hydrogen-bond donors (Lipinski definition) is 4. The Balaban J connectivity index is 1.53. The van der Waals surface area contributed by atoms with Crippen molar-refractivity contribution in [1.82, 2.24) is 0 Å². The van der Waals surface area contributed by atoms with Crippen molar-refractivity contribution >= 4 is 10.1 Å². The van der Waals surface area contributed by atoms with Gasteiger partial charge in [0.1, 0.15) is 35.1 Å². The van der Waals surface area contributed by atoms with Crippen LogP contribution in [-0.2, 0) is 26.0 Å². The van der Waals surface area contributed by atoms with Crippen LogP contribution in [0.2, 0.25) is 0 Å². The Kier molecular flexibility index (Phi) is 7.42. The van der Waals surface area contributed by atoms with Crippen molar-refractivity contribution in [2.24, 2.45) is 0 Å². The van der Waals surface area contributed by atoms with Gasteiger partial charge in [-0.25, -0.2) is 0 Å². The van der Waals surface area contributed by atoms with Crippen molar-refractivity contribution < 1.29 is 42.5 Å². The van der Waals surface area contributed by atoms with Crippen molar-refractivity contribution in [2.75, 3.05) is 13.2 Å². The van der Waals surface area contributed by atoms with Gasteiger partial charge in [-0.2, -0.15) is 8.42 Å². The van der Waals surface area contributed by atoms with E-state index in [4.69, 9.17) is 13.7 Å². The van der Waals surface area contributed by atoms with E-state index in [2.05, 4.69) is 0 Å². The molecular weight excluding hydrogens is 416 g/mol. The highest BCUT2D eigenvalue weighted by molar-refractivity contribution is 7.87. The van der Waals surface area contributed by atoms with Gasteiger partial charge in [0.05, 0.1) is 13.2 Å². The maximum absolute atomic E-state index is 12.2. The summed E-state index contributed by atoms with van der Waals surface area (Å²) in [5, 5.41) is 38.6. The summed E-state index contributed by atoms with van der Waals surface area (Å²) in [6, 6.07) is 14.2. The van der Waals surface area contributed by atoms with E-state index < -0.39 is 47.4 Å². The van der Waals surface area contributed by atoms with E-state index in [-0.39, 0.29) is 17.3 Å². The first kappa shape index (κ1) is 22.6. The maximum Gasteiger partial charge on any atom is 0.339 e. The van der Waals surface area contributed by atoms with Gasteiger partial charge < -0.3 is 34.1 Å². The molecule has 9 nitrogen and oxygen atoms in total. The second-order valence-electron chi connectivity index (χ2n) is 6.81. The molecule has 1 heterocycles. The van der Waals surface area contributed by atoms with Crippen LogP contribution < -0.4 is 4.18 Å². The molecule has 0 amide bonds. The fourth-order valence-corrected chi connectivity index (χ4v) is 3.92. The normalized spacial score (nSPS) is 27.0. The standard InChI is InChI=1S/C20H24O9S/c21-12-16-17(22)18(23)19(24)20(28-16)27-11-10-13-6-8-14(9-7-13)29-30(25,26)15-4-2-1-3-5-15/h1-9,16-24H,10-12H2/t16-,17-,18+,19-,20-/m1/s1. The SMILES string of the molecule is O=S(=O)(Oc1ccc(CCO[C@@H]2O[C@H](CO)[C@@H](O)[C@H](O)[C@H]2O)cc1)c1ccccc1. The number of aliphatic hydroxyl groups is 4. The first-order valence-electron chi connectivity index (χ1n) is 9.32. The third kappa shape index (κ3) is 5.35. The molecule has 2 aromatic rings. The number of rotatable bonds is 8. The van der Waals surface area contributed by atoms with Crippen LogP contribution in [0.5, 0.6) is 5.75 Å². The van der Waals surface area contributed by atoms with Gasteiger partial charge in [0.25, 0.3) is 0 Å². The highest BCUT2D eigenvalue weighted by Gasteiger charge is 2.43. The summed E-state index contributed by atoms with van der Waals surface area (Å²) >= 11 is 0. The van der Waals surface area contributed by atoms with Crippen LogP contribution in [0.3, 0.4) is 0 Å². The zero-order valence-electron chi connectivity index (χ0n) is 15.9. The minimum Gasteiger partial charge on any atom is -0.394 e. The molecule has 1 saturated heterocycles. The molecule has 0 aromatic heterocycles. The summed E-state index contributed by atoms with van der Waals surface area (Å²) in [6.07, 6.45) is -6.22. The molecule has 10 heteroatoms. The Morgan fingerprint density at radius 3 is 2.20 bits per heavy atom. The van der Waals surface area contributed by atoms with Gasteiger partial charge in [-0.3, -0.25) is 0 Å². The number of ether oxygens (including phenoxy) is 2. The summed E-state index contributed by atoms with van der Waals surface area (Å²) in [4.78, 5) is 0.0574. The topological polar surface area (TPSA) is 143 Å². The van der Waals surface area contributed by atoms with E-state index in [1.807, 2.05) is 0 Å². The molecule has 5 atom stereocenters. The number of hydrogen-bond acceptors (Lipinski definition) is 9. The Bertz CT molecular complexity index is 900. The number of benzene rings is 2. The van der Waals surface area contributed by atoms with Crippen molar-refractivity contribution in [3.63, 3.8) is 0 Å². The average Bonchev–Trinajstić information content (AvgIpc) is 2.75. The van der Waals surface area contributed by atoms with Gasteiger partial charge in [-0.15, -0.1) is 0 Å². The fraction of sp³-hybridized carbons (Fsp3) is 0.400. The Morgan fingerprint density at radius 2 is 1.57 bits per heavy atom. The summed E-state index contributed by atoms with van der Waals surface area (Å²) in [5.74, 6) is 0.164. The first-order chi connectivity index (χ1) is 14.3. The summed E-state index contributed by atoms with van der Waals surface area (Å²) < 4.78 is 40.3. The molecule has 0 radical (unpaired) electrons. The molecule has 1 aliphatic heterocycles. The van der Waals surface area contributed by atoms with Crippen molar-refractivity contribution in [2.45, 2.75) is 42.0 Å². The van der Waals surface area contributed by atoms with Crippen molar-refractivity contribution in [3.8, 4) is 5.75 Å². The highest BCUT2D eigenvalue weighted by Crippen LogP contribution is 2.23. The van der Waals surface area contributed by atoms with Gasteiger partial charge in [0, 0.05) is 0 Å². The van der Waals surface area contributed by atoms with E-state index in [0.29, 0.717) is 6.42 Å². The van der Waals surface area contributed by atoms with Crippen LogP contribution >= 0.6 is 0 Å². The average molecular weight is 440 g/mol. The summed E-state index contributed by atoms with van der Waals surface area (Å²) in [7, 11) is -3.91. The number of aliphatic hydroxyl groups excluding tert-OH is 4. The van der Waals surface area contributed by atoms with Crippen LogP contribution in [0.25, 0.3) is 0 Å². The van der Waals surface area contributed by atoms with Crippen molar-refractivity contribution in [3.05, 3.63) is 60.2 Å². The molecule has 0 aliphatic carbocycles. The lowest BCUT2D eigenvalue weighted by molar-refractivity contribution is -0.300. The molecule has 0 unspecified atom stereocenters. The van der Waals surface area contributed by atoms with E-state index >= 15 is 0 Å². The fourth-order valence-electron chi connectivity index (χ4n) is 2.97. The van der Waals surface area contributed by atoms with Gasteiger partial charge in [-0.05, 0) is 36.2 Å². The molecule has 4 N–H and O–H groups in total. The lowest BCUT2D eigenvalue weighted by Gasteiger charge is -2.39. The first-order valence-corrected chi connectivity index (χ1v) is 10.7. The van der Waals surface area contributed by atoms with E-state index in [0.717, 1.165) is 5.56 Å². The van der Waals surface area contributed by atoms with Gasteiger partial charge >= 0.3 is 10.1 Å². The lowest BCUT2D eigenvalue weighted by atomic mass is 9.99. The van der Waals surface area contributed by atoms with E-state index in [1.165, 1.54) is 24.3 Å². The van der Waals surface area contributed by atoms with Gasteiger partial charge in [-0.1, -0.05) is 30.3 Å². The second kappa shape index (κ2) is 9.84. The van der Waals surface area contributed by atoms with E-state index in [9.17, 15) is 28.8 Å². The summed E-state index contributed by atoms with van der Waals surface area (Å²) in [6.45, 7) is -0.413. The molecule has 0 spiro atoms. The van der Waals surface area contributed by atoms with Crippen LogP contribution in [0.4, 0.5) is 0 Å². The van der Waals surface area contributed by atoms with Gasteiger partial charge in [0.15, 0.2) is 6.29 Å². The quantitative estimate of drug-likeness (QED) is 0.411. The molecule has 30 heavy (non-hydrogen) atoms. The lowest BCUT2D eigenvalue weighted by Crippen LogP contribution is -2.59. The zero-order valence-corrected chi connectivity index (χ0v) is 16.8. The molecule has 1 fully saturated rings. The third-order valence-corrected chi connectivity index (χ3v) is 5.94. The highest BCUT2D eigenvalue weighted by atomic mass is 32.2. The molecule has 2 aromatic carbocycles. The van der Waals surface area contributed by atoms with Gasteiger partial charge in [0.2, 0.25) is 0 Å². The predicted molar refractivity (Wildman–Crippen MR) is 104 cm³/mol. The molecule has 164 valence electrons. The van der Waals surface area contributed by atoms with Crippen LogP contribution in [0, 0.1) is 0 Å².